The third-order valence-electron chi connectivity index (χ3n) is 9.34. The lowest BCUT2D eigenvalue weighted by atomic mass is 9.82. The van der Waals surface area contributed by atoms with Gasteiger partial charge in [-0.2, -0.15) is 0 Å². The van der Waals surface area contributed by atoms with Gasteiger partial charge in [-0.15, -0.1) is 0 Å². The van der Waals surface area contributed by atoms with Crippen LogP contribution in [0, 0.1) is 0 Å². The van der Waals surface area contributed by atoms with Crippen molar-refractivity contribution in [1.82, 2.24) is 15.0 Å². The first-order valence-electron chi connectivity index (χ1n) is 15.6. The molecule has 2 aromatic heterocycles. The molecule has 0 unspecified atom stereocenters. The van der Waals surface area contributed by atoms with Crippen LogP contribution in [0.4, 0.5) is 0 Å². The Morgan fingerprint density at radius 2 is 1.04 bits per heavy atom. The second-order valence-electron chi connectivity index (χ2n) is 12.4. The Balaban J connectivity index is 1.24. The molecule has 0 bridgehead atoms. The molecule has 0 spiro atoms. The highest BCUT2D eigenvalue weighted by Crippen LogP contribution is 2.52. The van der Waals surface area contributed by atoms with Crippen LogP contribution in [0.15, 0.2) is 144 Å². The summed E-state index contributed by atoms with van der Waals surface area (Å²) in [5, 5.41) is 2.21. The molecule has 46 heavy (non-hydrogen) atoms. The number of benzene rings is 6. The van der Waals surface area contributed by atoms with Crippen LogP contribution >= 0.6 is 0 Å². The third kappa shape index (κ3) is 4.04. The lowest BCUT2D eigenvalue weighted by Crippen LogP contribution is -2.15. The zero-order valence-electron chi connectivity index (χ0n) is 25.5. The van der Waals surface area contributed by atoms with Crippen LogP contribution in [0.3, 0.4) is 0 Å². The molecular weight excluding hydrogens is 562 g/mol. The van der Waals surface area contributed by atoms with E-state index in [-0.39, 0.29) is 5.41 Å². The van der Waals surface area contributed by atoms with Gasteiger partial charge in [0.15, 0.2) is 17.5 Å². The van der Waals surface area contributed by atoms with Gasteiger partial charge in [0.2, 0.25) is 0 Å². The molecule has 218 valence electrons. The minimum absolute atomic E-state index is 0.165. The summed E-state index contributed by atoms with van der Waals surface area (Å²) in [4.78, 5) is 15.1. The summed E-state index contributed by atoms with van der Waals surface area (Å²) in [5.41, 5.74) is 11.7. The fraction of sp³-hybridized carbons (Fsp3) is 0.0714. The van der Waals surface area contributed by atoms with Crippen LogP contribution in [0.1, 0.15) is 25.0 Å². The molecule has 2 heterocycles. The monoisotopic (exact) mass is 591 g/mol. The van der Waals surface area contributed by atoms with Gasteiger partial charge in [-0.25, -0.2) is 15.0 Å². The van der Waals surface area contributed by atoms with Gasteiger partial charge in [-0.1, -0.05) is 135 Å². The highest BCUT2D eigenvalue weighted by Gasteiger charge is 2.38. The van der Waals surface area contributed by atoms with Gasteiger partial charge in [0.25, 0.3) is 0 Å². The van der Waals surface area contributed by atoms with E-state index in [9.17, 15) is 0 Å². The molecule has 0 fully saturated rings. The van der Waals surface area contributed by atoms with E-state index in [0.717, 1.165) is 49.8 Å². The molecule has 0 atom stereocenters. The first-order valence-corrected chi connectivity index (χ1v) is 15.6. The van der Waals surface area contributed by atoms with Crippen LogP contribution in [0.2, 0.25) is 0 Å². The Hall–Kier alpha value is -5.87. The maximum Gasteiger partial charge on any atom is 0.164 e. The second kappa shape index (κ2) is 10.1. The van der Waals surface area contributed by atoms with Crippen LogP contribution in [-0.4, -0.2) is 15.0 Å². The van der Waals surface area contributed by atoms with Crippen molar-refractivity contribution in [3.05, 3.63) is 151 Å². The molecule has 0 radical (unpaired) electrons. The van der Waals surface area contributed by atoms with E-state index in [4.69, 9.17) is 19.4 Å². The lowest BCUT2D eigenvalue weighted by molar-refractivity contribution is 0.620. The fourth-order valence-corrected chi connectivity index (χ4v) is 7.11. The number of nitrogens with zero attached hydrogens (tertiary/aromatic N) is 3. The van der Waals surface area contributed by atoms with E-state index < -0.39 is 0 Å². The summed E-state index contributed by atoms with van der Waals surface area (Å²) < 4.78 is 6.76. The van der Waals surface area contributed by atoms with Gasteiger partial charge in [-0.3, -0.25) is 0 Å². The molecule has 4 heteroatoms. The number of rotatable bonds is 4. The van der Waals surface area contributed by atoms with E-state index in [0.29, 0.717) is 17.5 Å². The summed E-state index contributed by atoms with van der Waals surface area (Å²) >= 11 is 0. The van der Waals surface area contributed by atoms with E-state index in [1.54, 1.807) is 0 Å². The summed E-state index contributed by atoms with van der Waals surface area (Å²) in [5.74, 6) is 1.86. The SMILES string of the molecule is CC1(C)c2ccccc2-c2ccc3c(oc4cc(-c5nc(-c6ccccc6)nc(-c6ccccc6-c6ccccc6)n5)ccc43)c21. The molecule has 8 aromatic rings. The summed E-state index contributed by atoms with van der Waals surface area (Å²) in [6.07, 6.45) is 0. The molecule has 0 N–H and O–H groups in total. The zero-order valence-corrected chi connectivity index (χ0v) is 25.5. The normalized spacial score (nSPS) is 13.2. The average molecular weight is 592 g/mol. The minimum Gasteiger partial charge on any atom is -0.456 e. The van der Waals surface area contributed by atoms with E-state index in [1.165, 1.54) is 22.3 Å². The molecule has 0 saturated heterocycles. The molecule has 1 aliphatic carbocycles. The number of hydrogen-bond donors (Lipinski definition) is 0. The molecule has 6 aromatic carbocycles. The Labute approximate surface area is 267 Å². The quantitative estimate of drug-likeness (QED) is 0.204. The first kappa shape index (κ1) is 26.5. The van der Waals surface area contributed by atoms with Crippen molar-refractivity contribution < 1.29 is 4.42 Å². The van der Waals surface area contributed by atoms with Crippen LogP contribution in [-0.2, 0) is 5.41 Å². The standard InChI is InChI=1S/C42H29N3O/c1-42(2)35-20-12-11-18-30(35)32-23-24-33-31-22-21-28(25-36(31)46-38(33)37(32)42)40-43-39(27-15-7-4-8-16-27)44-41(45-40)34-19-10-9-17-29(34)26-13-5-3-6-14-26/h3-25H,1-2H3. The Bertz CT molecular complexity index is 2440. The van der Waals surface area contributed by atoms with E-state index in [2.05, 4.69) is 111 Å². The topological polar surface area (TPSA) is 51.8 Å². The number of hydrogen-bond acceptors (Lipinski definition) is 4. The summed E-state index contributed by atoms with van der Waals surface area (Å²) in [6.45, 7) is 4.58. The molecular formula is C42H29N3O. The molecule has 4 nitrogen and oxygen atoms in total. The van der Waals surface area contributed by atoms with Crippen LogP contribution in [0.5, 0.6) is 0 Å². The van der Waals surface area contributed by atoms with Gasteiger partial charge in [0.1, 0.15) is 11.2 Å². The zero-order chi connectivity index (χ0) is 30.8. The van der Waals surface area contributed by atoms with E-state index in [1.807, 2.05) is 42.5 Å². The number of aromatic nitrogens is 3. The summed E-state index contributed by atoms with van der Waals surface area (Å²) in [6, 6.07) is 48.2. The second-order valence-corrected chi connectivity index (χ2v) is 12.4. The highest BCUT2D eigenvalue weighted by atomic mass is 16.3. The maximum atomic E-state index is 6.76. The van der Waals surface area contributed by atoms with Gasteiger partial charge in [0, 0.05) is 38.4 Å². The van der Waals surface area contributed by atoms with Gasteiger partial charge < -0.3 is 4.42 Å². The summed E-state index contributed by atoms with van der Waals surface area (Å²) in [7, 11) is 0. The molecule has 1 aliphatic rings. The highest BCUT2D eigenvalue weighted by molar-refractivity contribution is 6.09. The van der Waals surface area contributed by atoms with Crippen molar-refractivity contribution >= 4 is 21.9 Å². The van der Waals surface area contributed by atoms with Crippen molar-refractivity contribution in [2.24, 2.45) is 0 Å². The molecule has 0 amide bonds. The van der Waals surface area contributed by atoms with Crippen LogP contribution < -0.4 is 0 Å². The molecule has 0 aliphatic heterocycles. The predicted molar refractivity (Wildman–Crippen MR) is 186 cm³/mol. The van der Waals surface area contributed by atoms with Crippen molar-refractivity contribution in [1.29, 1.82) is 0 Å². The van der Waals surface area contributed by atoms with Gasteiger partial charge in [-0.05, 0) is 46.0 Å². The van der Waals surface area contributed by atoms with Crippen LogP contribution in [0.25, 0.3) is 78.4 Å². The number of furan rings is 1. The van der Waals surface area contributed by atoms with Crippen molar-refractivity contribution in [2.75, 3.05) is 0 Å². The Morgan fingerprint density at radius 3 is 1.80 bits per heavy atom. The number of fused-ring (bicyclic) bond motifs is 7. The lowest BCUT2D eigenvalue weighted by Gasteiger charge is -2.21. The molecule has 9 rings (SSSR count). The third-order valence-corrected chi connectivity index (χ3v) is 9.34. The maximum absolute atomic E-state index is 6.76. The Kier molecular flexibility index (Phi) is 5.81. The van der Waals surface area contributed by atoms with Crippen molar-refractivity contribution in [3.8, 4) is 56.4 Å². The first-order chi connectivity index (χ1) is 22.6. The average Bonchev–Trinajstić information content (AvgIpc) is 3.60. The van der Waals surface area contributed by atoms with Crippen molar-refractivity contribution in [3.63, 3.8) is 0 Å². The largest absolute Gasteiger partial charge is 0.456 e. The minimum atomic E-state index is -0.165. The Morgan fingerprint density at radius 1 is 0.457 bits per heavy atom. The predicted octanol–water partition coefficient (Wildman–Crippen LogP) is 10.7. The van der Waals surface area contributed by atoms with Gasteiger partial charge in [0.05, 0.1) is 0 Å². The molecule has 0 saturated carbocycles. The smallest absolute Gasteiger partial charge is 0.164 e. The van der Waals surface area contributed by atoms with Gasteiger partial charge >= 0.3 is 0 Å². The fourth-order valence-electron chi connectivity index (χ4n) is 7.11. The van der Waals surface area contributed by atoms with E-state index >= 15 is 0 Å². The van der Waals surface area contributed by atoms with Crippen molar-refractivity contribution in [2.45, 2.75) is 19.3 Å².